The van der Waals surface area contributed by atoms with Crippen LogP contribution in [0.5, 0.6) is 5.75 Å². The van der Waals surface area contributed by atoms with Crippen LogP contribution in [0.4, 0.5) is 0 Å². The summed E-state index contributed by atoms with van der Waals surface area (Å²) in [6.45, 7) is 4.38. The van der Waals surface area contributed by atoms with Crippen LogP contribution in [0.1, 0.15) is 39.1 Å². The quantitative estimate of drug-likeness (QED) is 0.295. The van der Waals surface area contributed by atoms with Crippen molar-refractivity contribution in [2.75, 3.05) is 6.61 Å². The molecule has 0 bridgehead atoms. The standard InChI is InChI=1S/C23H21N3O4S2/c1-3-29-16-10-8-15(9-11-16)21(27)25-26-22(28)20-18(13-32-23-24-14(2)12-31-23)17-6-4-5-7-19(17)30-20/h4-12H,3,13H2,1-2H3,(H,25,27)(H,26,28). The van der Waals surface area contributed by atoms with Gasteiger partial charge in [0.05, 0.1) is 6.61 Å². The predicted octanol–water partition coefficient (Wildman–Crippen LogP) is 4.96. The highest BCUT2D eigenvalue weighted by molar-refractivity contribution is 8.00. The van der Waals surface area contributed by atoms with Gasteiger partial charge in [-0.15, -0.1) is 11.3 Å². The van der Waals surface area contributed by atoms with Crippen molar-refractivity contribution in [2.45, 2.75) is 23.9 Å². The second-order valence-corrected chi connectivity index (χ2v) is 8.90. The van der Waals surface area contributed by atoms with E-state index < -0.39 is 11.8 Å². The van der Waals surface area contributed by atoms with Crippen molar-refractivity contribution in [3.05, 3.63) is 76.5 Å². The molecule has 0 aliphatic carbocycles. The van der Waals surface area contributed by atoms with Crippen LogP contribution in [-0.2, 0) is 5.75 Å². The van der Waals surface area contributed by atoms with Crippen molar-refractivity contribution in [1.82, 2.24) is 15.8 Å². The number of hydrazine groups is 1. The smallest absolute Gasteiger partial charge is 0.305 e. The monoisotopic (exact) mass is 467 g/mol. The van der Waals surface area contributed by atoms with E-state index in [1.165, 1.54) is 0 Å². The fourth-order valence-corrected chi connectivity index (χ4v) is 4.95. The Morgan fingerprint density at radius 1 is 1.09 bits per heavy atom. The molecule has 0 aliphatic rings. The first-order chi connectivity index (χ1) is 15.5. The fraction of sp³-hybridized carbons (Fsp3) is 0.174. The fourth-order valence-electron chi connectivity index (χ4n) is 3.07. The normalized spacial score (nSPS) is 10.8. The van der Waals surface area contributed by atoms with Gasteiger partial charge in [0.1, 0.15) is 15.7 Å². The number of carbonyl (C=O) groups is 2. The van der Waals surface area contributed by atoms with Crippen LogP contribution in [-0.4, -0.2) is 23.4 Å². The number of thiazole rings is 1. The van der Waals surface area contributed by atoms with E-state index in [9.17, 15) is 9.59 Å². The second-order valence-electron chi connectivity index (χ2n) is 6.82. The number of amides is 2. The molecule has 9 heteroatoms. The number of nitrogens with one attached hydrogen (secondary N) is 2. The minimum Gasteiger partial charge on any atom is -0.494 e. The molecule has 2 amide bonds. The highest BCUT2D eigenvalue weighted by Crippen LogP contribution is 2.33. The molecular weight excluding hydrogens is 446 g/mol. The molecule has 4 aromatic rings. The number of para-hydroxylation sites is 1. The summed E-state index contributed by atoms with van der Waals surface area (Å²) in [5.74, 6) is 0.393. The lowest BCUT2D eigenvalue weighted by atomic mass is 10.1. The van der Waals surface area contributed by atoms with E-state index in [1.54, 1.807) is 47.4 Å². The van der Waals surface area contributed by atoms with Crippen molar-refractivity contribution in [2.24, 2.45) is 0 Å². The van der Waals surface area contributed by atoms with E-state index in [-0.39, 0.29) is 5.76 Å². The van der Waals surface area contributed by atoms with Crippen LogP contribution < -0.4 is 15.6 Å². The summed E-state index contributed by atoms with van der Waals surface area (Å²) >= 11 is 3.10. The third-order valence-corrected chi connectivity index (χ3v) is 6.72. The lowest BCUT2D eigenvalue weighted by molar-refractivity contribution is 0.0831. The number of rotatable bonds is 7. The van der Waals surface area contributed by atoms with Gasteiger partial charge in [0, 0.05) is 33.3 Å². The zero-order valence-corrected chi connectivity index (χ0v) is 19.1. The number of thioether (sulfide) groups is 1. The first kappa shape index (κ1) is 21.9. The van der Waals surface area contributed by atoms with Crippen molar-refractivity contribution in [3.8, 4) is 5.75 Å². The Hall–Kier alpha value is -3.30. The van der Waals surface area contributed by atoms with Crippen LogP contribution in [0.25, 0.3) is 11.0 Å². The maximum absolute atomic E-state index is 12.9. The van der Waals surface area contributed by atoms with Gasteiger partial charge in [0.2, 0.25) is 0 Å². The van der Waals surface area contributed by atoms with Gasteiger partial charge >= 0.3 is 5.91 Å². The maximum Gasteiger partial charge on any atom is 0.305 e. The van der Waals surface area contributed by atoms with Crippen molar-refractivity contribution >= 4 is 45.9 Å². The number of furan rings is 1. The summed E-state index contributed by atoms with van der Waals surface area (Å²) < 4.78 is 12.1. The third kappa shape index (κ3) is 4.95. The van der Waals surface area contributed by atoms with E-state index in [4.69, 9.17) is 9.15 Å². The number of fused-ring (bicyclic) bond motifs is 1. The molecule has 0 saturated heterocycles. The summed E-state index contributed by atoms with van der Waals surface area (Å²) in [6.07, 6.45) is 0. The molecule has 2 aromatic heterocycles. The van der Waals surface area contributed by atoms with E-state index in [0.717, 1.165) is 21.0 Å². The zero-order valence-electron chi connectivity index (χ0n) is 17.5. The number of nitrogens with zero attached hydrogens (tertiary/aromatic N) is 1. The minimum absolute atomic E-state index is 0.166. The SMILES string of the molecule is CCOc1ccc(C(=O)NNC(=O)c2oc3ccccc3c2CSc2nc(C)cs2)cc1. The third-order valence-electron chi connectivity index (χ3n) is 4.56. The number of hydrogen-bond donors (Lipinski definition) is 2. The van der Waals surface area contributed by atoms with Crippen LogP contribution in [0.2, 0.25) is 0 Å². The molecule has 0 radical (unpaired) electrons. The first-order valence-corrected chi connectivity index (χ1v) is 11.8. The number of aryl methyl sites for hydroxylation is 1. The van der Waals surface area contributed by atoms with Gasteiger partial charge in [-0.25, -0.2) is 4.98 Å². The number of benzene rings is 2. The summed E-state index contributed by atoms with van der Waals surface area (Å²) in [5, 5.41) is 2.84. The highest BCUT2D eigenvalue weighted by Gasteiger charge is 2.21. The number of ether oxygens (including phenoxy) is 1. The van der Waals surface area contributed by atoms with Crippen molar-refractivity contribution in [1.29, 1.82) is 0 Å². The summed E-state index contributed by atoms with van der Waals surface area (Å²) in [7, 11) is 0. The summed E-state index contributed by atoms with van der Waals surface area (Å²) in [4.78, 5) is 29.7. The van der Waals surface area contributed by atoms with E-state index in [0.29, 0.717) is 29.3 Å². The van der Waals surface area contributed by atoms with Crippen LogP contribution in [0.3, 0.4) is 0 Å². The Morgan fingerprint density at radius 3 is 2.56 bits per heavy atom. The largest absolute Gasteiger partial charge is 0.494 e. The minimum atomic E-state index is -0.522. The Labute approximate surface area is 193 Å². The molecule has 7 nitrogen and oxygen atoms in total. The van der Waals surface area contributed by atoms with E-state index in [2.05, 4.69) is 15.8 Å². The van der Waals surface area contributed by atoms with E-state index in [1.807, 2.05) is 43.5 Å². The topological polar surface area (TPSA) is 93.5 Å². The van der Waals surface area contributed by atoms with Gasteiger partial charge in [-0.3, -0.25) is 20.4 Å². The van der Waals surface area contributed by atoms with Gasteiger partial charge in [0.25, 0.3) is 5.91 Å². The molecule has 0 saturated carbocycles. The summed E-state index contributed by atoms with van der Waals surface area (Å²) in [6, 6.07) is 14.1. The summed E-state index contributed by atoms with van der Waals surface area (Å²) in [5.41, 5.74) is 7.62. The van der Waals surface area contributed by atoms with Crippen LogP contribution in [0, 0.1) is 6.92 Å². The Bertz CT molecular complexity index is 1250. The van der Waals surface area contributed by atoms with E-state index >= 15 is 0 Å². The van der Waals surface area contributed by atoms with Crippen LogP contribution in [0.15, 0.2) is 62.7 Å². The molecule has 0 atom stereocenters. The van der Waals surface area contributed by atoms with Gasteiger partial charge in [-0.05, 0) is 44.2 Å². The highest BCUT2D eigenvalue weighted by atomic mass is 32.2. The van der Waals surface area contributed by atoms with Crippen LogP contribution >= 0.6 is 23.1 Å². The number of carbonyl (C=O) groups excluding carboxylic acids is 2. The molecule has 32 heavy (non-hydrogen) atoms. The lowest BCUT2D eigenvalue weighted by Crippen LogP contribution is -2.41. The van der Waals surface area contributed by atoms with Gasteiger partial charge < -0.3 is 9.15 Å². The van der Waals surface area contributed by atoms with Crippen molar-refractivity contribution in [3.63, 3.8) is 0 Å². The van der Waals surface area contributed by atoms with Crippen molar-refractivity contribution < 1.29 is 18.7 Å². The molecule has 2 N–H and O–H groups in total. The Morgan fingerprint density at radius 2 is 1.84 bits per heavy atom. The first-order valence-electron chi connectivity index (χ1n) is 9.94. The molecular formula is C23H21N3O4S2. The number of aromatic nitrogens is 1. The van der Waals surface area contributed by atoms with Gasteiger partial charge in [-0.1, -0.05) is 30.0 Å². The molecule has 4 rings (SSSR count). The zero-order chi connectivity index (χ0) is 22.5. The lowest BCUT2D eigenvalue weighted by Gasteiger charge is -2.08. The molecule has 2 heterocycles. The molecule has 0 unspecified atom stereocenters. The Balaban J connectivity index is 1.48. The average molecular weight is 468 g/mol. The Kier molecular flexibility index (Phi) is 6.77. The maximum atomic E-state index is 12.9. The molecule has 0 aliphatic heterocycles. The van der Waals surface area contributed by atoms with Gasteiger partial charge in [0.15, 0.2) is 5.76 Å². The average Bonchev–Trinajstić information content (AvgIpc) is 3.39. The molecule has 164 valence electrons. The van der Waals surface area contributed by atoms with Gasteiger partial charge in [-0.2, -0.15) is 0 Å². The molecule has 2 aromatic carbocycles. The predicted molar refractivity (Wildman–Crippen MR) is 125 cm³/mol. The number of hydrogen-bond acceptors (Lipinski definition) is 7. The molecule has 0 spiro atoms. The second kappa shape index (κ2) is 9.88. The molecule has 0 fully saturated rings.